The highest BCUT2D eigenvalue weighted by molar-refractivity contribution is 5.77. The number of imidazole rings is 1. The lowest BCUT2D eigenvalue weighted by Gasteiger charge is -2.19. The molecule has 0 aliphatic rings. The van der Waals surface area contributed by atoms with E-state index < -0.39 is 0 Å². The standard InChI is InChI=1S/C22H26FN5/c23-19-9-4-8-18(14-19)21(17-6-2-1-3-7-17)11-13-27-22(24)26-12-5-10-20-15-25-16-28-20/h1-4,6-9,14-16,21H,5,10-13H2,(H,25,28)(H3,24,26,27). The molecule has 0 saturated carbocycles. The van der Waals surface area contributed by atoms with Gasteiger partial charge in [-0.25, -0.2) is 9.37 Å². The van der Waals surface area contributed by atoms with Crippen molar-refractivity contribution in [1.29, 1.82) is 0 Å². The number of aliphatic imine (C=N–C) groups is 1. The summed E-state index contributed by atoms with van der Waals surface area (Å²) >= 11 is 0. The lowest BCUT2D eigenvalue weighted by Crippen LogP contribution is -2.33. The third-order valence-electron chi connectivity index (χ3n) is 4.63. The van der Waals surface area contributed by atoms with E-state index >= 15 is 0 Å². The van der Waals surface area contributed by atoms with Gasteiger partial charge in [-0.15, -0.1) is 0 Å². The van der Waals surface area contributed by atoms with Gasteiger partial charge in [-0.1, -0.05) is 42.5 Å². The number of nitrogens with zero attached hydrogens (tertiary/aromatic N) is 2. The molecule has 0 fully saturated rings. The summed E-state index contributed by atoms with van der Waals surface area (Å²) in [6.07, 6.45) is 6.09. The van der Waals surface area contributed by atoms with Gasteiger partial charge in [0.2, 0.25) is 0 Å². The fourth-order valence-corrected chi connectivity index (χ4v) is 3.23. The lowest BCUT2D eigenvalue weighted by molar-refractivity contribution is 0.618. The first-order chi connectivity index (χ1) is 13.7. The fraction of sp³-hybridized carbons (Fsp3) is 0.273. The zero-order chi connectivity index (χ0) is 19.6. The molecule has 146 valence electrons. The van der Waals surface area contributed by atoms with Gasteiger partial charge >= 0.3 is 0 Å². The zero-order valence-electron chi connectivity index (χ0n) is 15.8. The van der Waals surface area contributed by atoms with Crippen LogP contribution in [-0.4, -0.2) is 29.0 Å². The molecule has 0 saturated heterocycles. The second-order valence-corrected chi connectivity index (χ2v) is 6.68. The normalized spacial score (nSPS) is 12.7. The number of nitrogens with one attached hydrogen (secondary N) is 2. The number of aryl methyl sites for hydroxylation is 1. The Hall–Kier alpha value is -3.15. The number of aromatic nitrogens is 2. The van der Waals surface area contributed by atoms with Gasteiger partial charge in [0.1, 0.15) is 5.82 Å². The third kappa shape index (κ3) is 5.94. The molecule has 3 aromatic rings. The Balaban J connectivity index is 1.52. The molecule has 0 spiro atoms. The Bertz CT molecular complexity index is 862. The van der Waals surface area contributed by atoms with Crippen LogP contribution in [0.25, 0.3) is 0 Å². The van der Waals surface area contributed by atoms with Crippen LogP contribution in [0.5, 0.6) is 0 Å². The molecule has 1 unspecified atom stereocenters. The van der Waals surface area contributed by atoms with Gasteiger partial charge in [-0.3, -0.25) is 4.99 Å². The van der Waals surface area contributed by atoms with E-state index in [1.165, 1.54) is 6.07 Å². The average Bonchev–Trinajstić information content (AvgIpc) is 3.23. The Kier molecular flexibility index (Phi) is 7.18. The second kappa shape index (κ2) is 10.3. The van der Waals surface area contributed by atoms with Crippen molar-refractivity contribution in [2.24, 2.45) is 10.7 Å². The molecule has 0 bridgehead atoms. The topological polar surface area (TPSA) is 79.1 Å². The molecular weight excluding hydrogens is 353 g/mol. The van der Waals surface area contributed by atoms with Crippen molar-refractivity contribution in [2.75, 3.05) is 13.1 Å². The van der Waals surface area contributed by atoms with Gasteiger partial charge in [0, 0.05) is 30.9 Å². The van der Waals surface area contributed by atoms with Crippen molar-refractivity contribution in [2.45, 2.75) is 25.2 Å². The van der Waals surface area contributed by atoms with E-state index in [0.717, 1.165) is 36.1 Å². The summed E-state index contributed by atoms with van der Waals surface area (Å²) in [7, 11) is 0. The molecule has 2 aromatic carbocycles. The summed E-state index contributed by atoms with van der Waals surface area (Å²) in [6, 6.07) is 16.9. The van der Waals surface area contributed by atoms with Gasteiger partial charge < -0.3 is 16.0 Å². The minimum atomic E-state index is -0.218. The largest absolute Gasteiger partial charge is 0.370 e. The first-order valence-corrected chi connectivity index (χ1v) is 9.54. The fourth-order valence-electron chi connectivity index (χ4n) is 3.23. The van der Waals surface area contributed by atoms with Crippen molar-refractivity contribution >= 4 is 5.96 Å². The molecule has 0 aliphatic heterocycles. The van der Waals surface area contributed by atoms with E-state index in [0.29, 0.717) is 19.0 Å². The number of aromatic amines is 1. The molecule has 1 aromatic heterocycles. The van der Waals surface area contributed by atoms with Crippen molar-refractivity contribution in [3.63, 3.8) is 0 Å². The van der Waals surface area contributed by atoms with Gasteiger partial charge in [0.25, 0.3) is 0 Å². The van der Waals surface area contributed by atoms with Crippen LogP contribution in [0.4, 0.5) is 4.39 Å². The lowest BCUT2D eigenvalue weighted by atomic mass is 9.88. The van der Waals surface area contributed by atoms with Crippen LogP contribution >= 0.6 is 0 Å². The Morgan fingerprint density at radius 1 is 1.14 bits per heavy atom. The number of H-pyrrole nitrogens is 1. The molecule has 5 nitrogen and oxygen atoms in total. The summed E-state index contributed by atoms with van der Waals surface area (Å²) in [6.45, 7) is 1.32. The van der Waals surface area contributed by atoms with E-state index in [9.17, 15) is 4.39 Å². The smallest absolute Gasteiger partial charge is 0.188 e. The second-order valence-electron chi connectivity index (χ2n) is 6.68. The van der Waals surface area contributed by atoms with E-state index in [2.05, 4.69) is 32.4 Å². The van der Waals surface area contributed by atoms with Crippen LogP contribution in [0.15, 0.2) is 72.1 Å². The summed E-state index contributed by atoms with van der Waals surface area (Å²) in [5.74, 6) is 0.318. The minimum Gasteiger partial charge on any atom is -0.370 e. The highest BCUT2D eigenvalue weighted by Gasteiger charge is 2.14. The number of halogens is 1. The van der Waals surface area contributed by atoms with Crippen LogP contribution in [0.2, 0.25) is 0 Å². The predicted molar refractivity (Wildman–Crippen MR) is 111 cm³/mol. The molecular formula is C22H26FN5. The zero-order valence-corrected chi connectivity index (χ0v) is 15.8. The first-order valence-electron chi connectivity index (χ1n) is 9.54. The van der Waals surface area contributed by atoms with Gasteiger partial charge in [-0.2, -0.15) is 0 Å². The Morgan fingerprint density at radius 2 is 1.96 bits per heavy atom. The summed E-state index contributed by atoms with van der Waals surface area (Å²) in [5, 5.41) is 3.17. The van der Waals surface area contributed by atoms with Crippen molar-refractivity contribution in [1.82, 2.24) is 15.3 Å². The molecule has 3 rings (SSSR count). The van der Waals surface area contributed by atoms with Gasteiger partial charge in [-0.05, 0) is 42.5 Å². The number of hydrogen-bond donors (Lipinski definition) is 3. The monoisotopic (exact) mass is 379 g/mol. The van der Waals surface area contributed by atoms with Crippen LogP contribution in [0, 0.1) is 5.82 Å². The van der Waals surface area contributed by atoms with E-state index in [4.69, 9.17) is 5.73 Å². The molecule has 0 amide bonds. The minimum absolute atomic E-state index is 0.0950. The molecule has 4 N–H and O–H groups in total. The van der Waals surface area contributed by atoms with E-state index in [-0.39, 0.29) is 11.7 Å². The van der Waals surface area contributed by atoms with Crippen molar-refractivity contribution in [3.05, 3.63) is 89.8 Å². The molecule has 28 heavy (non-hydrogen) atoms. The SMILES string of the molecule is NC(=NCCCc1cnc[nH]1)NCCC(c1ccccc1)c1cccc(F)c1. The van der Waals surface area contributed by atoms with Crippen LogP contribution in [-0.2, 0) is 6.42 Å². The van der Waals surface area contributed by atoms with E-state index in [1.807, 2.05) is 30.5 Å². The molecule has 0 aliphatic carbocycles. The maximum Gasteiger partial charge on any atom is 0.188 e. The van der Waals surface area contributed by atoms with Crippen LogP contribution < -0.4 is 11.1 Å². The molecule has 1 atom stereocenters. The average molecular weight is 379 g/mol. The number of guanidine groups is 1. The third-order valence-corrected chi connectivity index (χ3v) is 4.63. The van der Waals surface area contributed by atoms with Crippen molar-refractivity contribution < 1.29 is 4.39 Å². The van der Waals surface area contributed by atoms with Crippen LogP contribution in [0.3, 0.4) is 0 Å². The van der Waals surface area contributed by atoms with Gasteiger partial charge in [0.15, 0.2) is 5.96 Å². The highest BCUT2D eigenvalue weighted by Crippen LogP contribution is 2.27. The molecule has 1 heterocycles. The first kappa shape index (κ1) is 19.6. The number of hydrogen-bond acceptors (Lipinski definition) is 2. The molecule has 0 radical (unpaired) electrons. The summed E-state index contributed by atoms with van der Waals surface area (Å²) < 4.78 is 13.7. The van der Waals surface area contributed by atoms with Crippen LogP contribution in [0.1, 0.15) is 35.6 Å². The Labute approximate surface area is 164 Å². The summed E-state index contributed by atoms with van der Waals surface area (Å²) in [5.41, 5.74) is 9.20. The predicted octanol–water partition coefficient (Wildman–Crippen LogP) is 3.61. The number of rotatable bonds is 9. The maximum atomic E-state index is 13.7. The van der Waals surface area contributed by atoms with Gasteiger partial charge in [0.05, 0.1) is 6.33 Å². The maximum absolute atomic E-state index is 13.7. The number of benzene rings is 2. The molecule has 6 heteroatoms. The number of nitrogens with two attached hydrogens (primary N) is 1. The quantitative estimate of drug-likeness (QED) is 0.302. The summed E-state index contributed by atoms with van der Waals surface area (Å²) in [4.78, 5) is 11.4. The van der Waals surface area contributed by atoms with Crippen molar-refractivity contribution in [3.8, 4) is 0 Å². The van der Waals surface area contributed by atoms with E-state index in [1.54, 1.807) is 18.5 Å². The highest BCUT2D eigenvalue weighted by atomic mass is 19.1. The Morgan fingerprint density at radius 3 is 2.71 bits per heavy atom.